The Morgan fingerprint density at radius 2 is 1.94 bits per heavy atom. The minimum absolute atomic E-state index is 0.0492. The molecule has 0 aromatic rings. The van der Waals surface area contributed by atoms with Gasteiger partial charge in [-0.1, -0.05) is 18.0 Å². The quantitative estimate of drug-likeness (QED) is 0.0637. The van der Waals surface area contributed by atoms with Crippen molar-refractivity contribution in [2.24, 2.45) is 5.16 Å². The number of fused-ring (bicyclic) bond motifs is 1. The van der Waals surface area contributed by atoms with E-state index in [1.807, 2.05) is 0 Å². The van der Waals surface area contributed by atoms with Crippen molar-refractivity contribution in [2.45, 2.75) is 81.0 Å². The molecule has 0 saturated carbocycles. The molecule has 0 aromatic carbocycles. The van der Waals surface area contributed by atoms with E-state index in [2.05, 4.69) is 25.9 Å². The maximum absolute atomic E-state index is 13.1. The van der Waals surface area contributed by atoms with Crippen LogP contribution in [0, 0.1) is 0 Å². The summed E-state index contributed by atoms with van der Waals surface area (Å²) in [5.41, 5.74) is 0. The van der Waals surface area contributed by atoms with Crippen LogP contribution in [0.1, 0.15) is 64.2 Å². The molecule has 0 spiro atoms. The Morgan fingerprint density at radius 1 is 1.15 bits per heavy atom. The molecule has 2 aliphatic rings. The van der Waals surface area contributed by atoms with E-state index in [-0.39, 0.29) is 36.9 Å². The topological polar surface area (TPSA) is 163 Å². The van der Waals surface area contributed by atoms with E-state index in [1.165, 1.54) is 18.0 Å². The van der Waals surface area contributed by atoms with Gasteiger partial charge in [0.25, 0.3) is 0 Å². The average Bonchev–Trinajstić information content (AvgIpc) is 3.31. The van der Waals surface area contributed by atoms with Crippen molar-refractivity contribution in [3.63, 3.8) is 0 Å². The summed E-state index contributed by atoms with van der Waals surface area (Å²) in [4.78, 5) is 62.2. The molecular weight excluding hydrogens is 452 g/mol. The fourth-order valence-corrected chi connectivity index (χ4v) is 5.56. The first-order chi connectivity index (χ1) is 15.9. The molecule has 0 bridgehead atoms. The van der Waals surface area contributed by atoms with Crippen LogP contribution >= 0.6 is 11.8 Å². The number of rotatable bonds is 16. The molecule has 2 rings (SSSR count). The summed E-state index contributed by atoms with van der Waals surface area (Å²) < 4.78 is -0.825. The predicted octanol–water partition coefficient (Wildman–Crippen LogP) is 1.35. The third kappa shape index (κ3) is 8.34. The van der Waals surface area contributed by atoms with Gasteiger partial charge >= 0.3 is 18.0 Å². The Kier molecular flexibility index (Phi) is 11.1. The van der Waals surface area contributed by atoms with Gasteiger partial charge in [-0.05, 0) is 32.1 Å². The van der Waals surface area contributed by atoms with Crippen LogP contribution in [0.15, 0.2) is 5.16 Å². The highest BCUT2D eigenvalue weighted by Crippen LogP contribution is 2.44. The summed E-state index contributed by atoms with van der Waals surface area (Å²) in [6.07, 6.45) is 6.69. The number of hydrogen-bond donors (Lipinski definition) is 4. The lowest BCUT2D eigenvalue weighted by Crippen LogP contribution is -2.56. The maximum atomic E-state index is 13.1. The first kappa shape index (κ1) is 26.6. The zero-order chi connectivity index (χ0) is 24.1. The van der Waals surface area contributed by atoms with Crippen LogP contribution in [-0.2, 0) is 24.0 Å². The van der Waals surface area contributed by atoms with Gasteiger partial charge in [0, 0.05) is 37.8 Å². The SMILES string of the molecule is O=CCCC=NOC(=O)CCCCCNC(=O)[C@@]1(CCCCC(=O)O)SC[C@@H]2NC(=O)N[C@@H]21. The van der Waals surface area contributed by atoms with Crippen LogP contribution in [0.2, 0.25) is 0 Å². The first-order valence-corrected chi connectivity index (χ1v) is 12.2. The molecule has 3 amide bonds. The second-order valence-corrected chi connectivity index (χ2v) is 9.42. The number of amides is 3. The van der Waals surface area contributed by atoms with Crippen molar-refractivity contribution in [1.82, 2.24) is 16.0 Å². The second-order valence-electron chi connectivity index (χ2n) is 8.07. The Hall–Kier alpha value is -2.63. The van der Waals surface area contributed by atoms with E-state index >= 15 is 0 Å². The fourth-order valence-electron chi connectivity index (χ4n) is 3.91. The van der Waals surface area contributed by atoms with Crippen molar-refractivity contribution in [3.05, 3.63) is 0 Å². The number of unbranched alkanes of at least 4 members (excludes halogenated alkanes) is 4. The Bertz CT molecular complexity index is 748. The number of aliphatic carboxylic acids is 1. The number of nitrogens with zero attached hydrogens (tertiary/aromatic N) is 1. The van der Waals surface area contributed by atoms with Gasteiger partial charge in [-0.3, -0.25) is 9.59 Å². The number of oxime groups is 1. The molecule has 0 radical (unpaired) electrons. The number of carboxylic acid groups (broad SMARTS) is 1. The Morgan fingerprint density at radius 3 is 2.70 bits per heavy atom. The molecule has 0 unspecified atom stereocenters. The normalized spacial score (nSPS) is 23.6. The van der Waals surface area contributed by atoms with Crippen LogP contribution in [0.25, 0.3) is 0 Å². The number of carbonyl (C=O) groups is 5. The van der Waals surface area contributed by atoms with Crippen molar-refractivity contribution in [2.75, 3.05) is 12.3 Å². The summed E-state index contributed by atoms with van der Waals surface area (Å²) in [5.74, 6) is -0.840. The number of carboxylic acids is 1. The summed E-state index contributed by atoms with van der Waals surface area (Å²) in [5, 5.41) is 21.0. The zero-order valence-corrected chi connectivity index (χ0v) is 19.4. The molecule has 33 heavy (non-hydrogen) atoms. The van der Waals surface area contributed by atoms with Crippen molar-refractivity contribution in [1.29, 1.82) is 0 Å². The highest BCUT2D eigenvalue weighted by Gasteiger charge is 2.57. The molecule has 2 heterocycles. The summed E-state index contributed by atoms with van der Waals surface area (Å²) in [7, 11) is 0. The molecule has 4 N–H and O–H groups in total. The lowest BCUT2D eigenvalue weighted by Gasteiger charge is -2.32. The molecule has 12 heteroatoms. The van der Waals surface area contributed by atoms with E-state index in [4.69, 9.17) is 5.11 Å². The van der Waals surface area contributed by atoms with Crippen molar-refractivity contribution >= 4 is 48.1 Å². The molecule has 0 aromatic heterocycles. The van der Waals surface area contributed by atoms with Gasteiger partial charge in [-0.15, -0.1) is 11.8 Å². The molecule has 2 fully saturated rings. The van der Waals surface area contributed by atoms with Gasteiger partial charge in [0.2, 0.25) is 5.91 Å². The highest BCUT2D eigenvalue weighted by molar-refractivity contribution is 8.01. The van der Waals surface area contributed by atoms with Crippen molar-refractivity contribution in [3.8, 4) is 0 Å². The molecule has 184 valence electrons. The lowest BCUT2D eigenvalue weighted by molar-refractivity contribution is -0.143. The van der Waals surface area contributed by atoms with Gasteiger partial charge in [-0.25, -0.2) is 9.59 Å². The molecule has 0 aliphatic carbocycles. The smallest absolute Gasteiger partial charge is 0.334 e. The zero-order valence-electron chi connectivity index (χ0n) is 18.5. The second kappa shape index (κ2) is 13.8. The van der Waals surface area contributed by atoms with Gasteiger partial charge in [0.05, 0.1) is 12.1 Å². The summed E-state index contributed by atoms with van der Waals surface area (Å²) >= 11 is 1.50. The van der Waals surface area contributed by atoms with Gasteiger partial charge < -0.3 is 30.7 Å². The van der Waals surface area contributed by atoms with Crippen LogP contribution in [0.5, 0.6) is 0 Å². The predicted molar refractivity (Wildman–Crippen MR) is 122 cm³/mol. The monoisotopic (exact) mass is 484 g/mol. The highest BCUT2D eigenvalue weighted by atomic mass is 32.2. The third-order valence-corrected chi connectivity index (χ3v) is 7.27. The lowest BCUT2D eigenvalue weighted by atomic mass is 9.88. The summed E-state index contributed by atoms with van der Waals surface area (Å²) in [6.45, 7) is 0.438. The molecule has 3 atom stereocenters. The summed E-state index contributed by atoms with van der Waals surface area (Å²) in [6, 6.07) is -0.741. The van der Waals surface area contributed by atoms with Crippen LogP contribution < -0.4 is 16.0 Å². The van der Waals surface area contributed by atoms with E-state index < -0.39 is 16.7 Å². The van der Waals surface area contributed by atoms with Crippen molar-refractivity contribution < 1.29 is 33.9 Å². The maximum Gasteiger partial charge on any atom is 0.334 e. The largest absolute Gasteiger partial charge is 0.481 e. The number of nitrogens with one attached hydrogen (secondary N) is 3. The first-order valence-electron chi connectivity index (χ1n) is 11.3. The van der Waals surface area contributed by atoms with E-state index in [1.54, 1.807) is 0 Å². The van der Waals surface area contributed by atoms with Crippen LogP contribution in [0.3, 0.4) is 0 Å². The average molecular weight is 485 g/mol. The minimum Gasteiger partial charge on any atom is -0.481 e. The number of hydrogen-bond acceptors (Lipinski definition) is 8. The number of aldehydes is 1. The van der Waals surface area contributed by atoms with Gasteiger partial charge in [0.1, 0.15) is 11.0 Å². The minimum atomic E-state index is -0.866. The molecular formula is C21H32N4O7S. The van der Waals surface area contributed by atoms with Gasteiger partial charge in [0.15, 0.2) is 0 Å². The van der Waals surface area contributed by atoms with Crippen LogP contribution in [0.4, 0.5) is 4.79 Å². The van der Waals surface area contributed by atoms with E-state index in [0.717, 1.165) is 6.29 Å². The van der Waals surface area contributed by atoms with E-state index in [0.29, 0.717) is 63.7 Å². The van der Waals surface area contributed by atoms with Crippen LogP contribution in [-0.4, -0.2) is 70.6 Å². The number of thioether (sulfide) groups is 1. The standard InChI is InChI=1S/C21H32N4O7S/c26-13-7-6-12-23-32-17(29)9-2-1-5-11-22-19(30)21(10-4-3-8-16(27)28)18-15(14-33-21)24-20(31)25-18/h12-13,15,18H,1-11,14H2,(H,22,30)(H,27,28)(H2,24,25,31)/t15-,18-,21-/m0/s1. The molecule has 2 aliphatic heterocycles. The number of carbonyl (C=O) groups excluding carboxylic acids is 4. The fraction of sp³-hybridized carbons (Fsp3) is 0.714. The Labute approximate surface area is 196 Å². The Balaban J connectivity index is 1.73. The molecule has 11 nitrogen and oxygen atoms in total. The third-order valence-electron chi connectivity index (χ3n) is 5.59. The van der Waals surface area contributed by atoms with Gasteiger partial charge in [-0.2, -0.15) is 0 Å². The van der Waals surface area contributed by atoms with E-state index in [9.17, 15) is 24.0 Å². The molecule has 2 saturated heterocycles. The number of urea groups is 1.